The molecule has 0 amide bonds. The van der Waals surface area contributed by atoms with Crippen molar-refractivity contribution in [3.63, 3.8) is 0 Å². The summed E-state index contributed by atoms with van der Waals surface area (Å²) in [6.07, 6.45) is -3.43. The third-order valence-electron chi connectivity index (χ3n) is 3.81. The molecule has 0 N–H and O–H groups in total. The van der Waals surface area contributed by atoms with Gasteiger partial charge in [-0.2, -0.15) is 23.5 Å². The predicted octanol–water partition coefficient (Wildman–Crippen LogP) is 3.48. The first-order chi connectivity index (χ1) is 10.9. The van der Waals surface area contributed by atoms with Gasteiger partial charge in [0.25, 0.3) is 0 Å². The number of fused-ring (bicyclic) bond motifs is 1. The molecule has 1 aliphatic rings. The van der Waals surface area contributed by atoms with E-state index in [1.165, 1.54) is 4.68 Å². The molecule has 0 radical (unpaired) electrons. The van der Waals surface area contributed by atoms with Gasteiger partial charge in [-0.15, -0.1) is 0 Å². The molecule has 0 saturated carbocycles. The van der Waals surface area contributed by atoms with Gasteiger partial charge in [0.1, 0.15) is 0 Å². The van der Waals surface area contributed by atoms with Crippen LogP contribution >= 0.6 is 0 Å². The van der Waals surface area contributed by atoms with E-state index in [1.54, 1.807) is 24.3 Å². The minimum Gasteiger partial charge on any atom is -0.294 e. The van der Waals surface area contributed by atoms with Gasteiger partial charge >= 0.3 is 6.18 Å². The van der Waals surface area contributed by atoms with Gasteiger partial charge in [0.2, 0.25) is 0 Å². The topological polar surface area (TPSA) is 58.7 Å². The van der Waals surface area contributed by atoms with Gasteiger partial charge < -0.3 is 0 Å². The standard InChI is InChI=1S/C16H12F3N3O/c17-16(18,19)15-14-12(2-1-3-13(14)23)22(21-15)11-6-4-10(5-7-11)8-9-20/h4-7H,1-3,8H2. The maximum absolute atomic E-state index is 13.2. The van der Waals surface area contributed by atoms with Crippen LogP contribution in [0, 0.1) is 11.3 Å². The zero-order chi connectivity index (χ0) is 16.6. The molecular weight excluding hydrogens is 307 g/mol. The third kappa shape index (κ3) is 2.72. The molecule has 2 aromatic rings. The van der Waals surface area contributed by atoms with Crippen molar-refractivity contribution in [1.29, 1.82) is 5.26 Å². The minimum atomic E-state index is -4.66. The number of nitriles is 1. The Labute approximate surface area is 130 Å². The summed E-state index contributed by atoms with van der Waals surface area (Å²) >= 11 is 0. The maximum Gasteiger partial charge on any atom is 0.435 e. The number of aromatic nitrogens is 2. The van der Waals surface area contributed by atoms with Crippen molar-refractivity contribution >= 4 is 5.78 Å². The number of benzene rings is 1. The molecule has 118 valence electrons. The number of rotatable bonds is 2. The Morgan fingerprint density at radius 2 is 1.91 bits per heavy atom. The van der Waals surface area contributed by atoms with E-state index in [-0.39, 0.29) is 18.4 Å². The number of alkyl halides is 3. The molecule has 0 spiro atoms. The monoisotopic (exact) mass is 319 g/mol. The molecule has 1 aromatic carbocycles. The summed E-state index contributed by atoms with van der Waals surface area (Å²) < 4.78 is 40.7. The second kappa shape index (κ2) is 5.54. The largest absolute Gasteiger partial charge is 0.435 e. The number of hydrogen-bond donors (Lipinski definition) is 0. The summed E-state index contributed by atoms with van der Waals surface area (Å²) in [6, 6.07) is 8.57. The van der Waals surface area contributed by atoms with Gasteiger partial charge in [-0.25, -0.2) is 4.68 Å². The fourth-order valence-electron chi connectivity index (χ4n) is 2.78. The summed E-state index contributed by atoms with van der Waals surface area (Å²) in [5.41, 5.74) is 0.113. The number of hydrogen-bond acceptors (Lipinski definition) is 3. The molecular formula is C16H12F3N3O. The Kier molecular flexibility index (Phi) is 3.68. The summed E-state index contributed by atoms with van der Waals surface area (Å²) in [5.74, 6) is -0.508. The molecule has 0 saturated heterocycles. The van der Waals surface area contributed by atoms with E-state index in [0.29, 0.717) is 24.2 Å². The first-order valence-electron chi connectivity index (χ1n) is 7.10. The highest BCUT2D eigenvalue weighted by Crippen LogP contribution is 2.36. The van der Waals surface area contributed by atoms with E-state index in [2.05, 4.69) is 5.10 Å². The van der Waals surface area contributed by atoms with Gasteiger partial charge in [-0.3, -0.25) is 4.79 Å². The van der Waals surface area contributed by atoms with Gasteiger partial charge in [0.05, 0.1) is 29.4 Å². The molecule has 7 heteroatoms. The number of carbonyl (C=O) groups is 1. The van der Waals surface area contributed by atoms with Crippen LogP contribution in [0.3, 0.4) is 0 Å². The highest BCUT2D eigenvalue weighted by atomic mass is 19.4. The first-order valence-corrected chi connectivity index (χ1v) is 7.10. The molecule has 4 nitrogen and oxygen atoms in total. The van der Waals surface area contributed by atoms with Crippen LogP contribution in [-0.4, -0.2) is 15.6 Å². The van der Waals surface area contributed by atoms with E-state index < -0.39 is 17.7 Å². The van der Waals surface area contributed by atoms with Crippen LogP contribution in [0.4, 0.5) is 13.2 Å². The van der Waals surface area contributed by atoms with Crippen LogP contribution in [-0.2, 0) is 19.0 Å². The molecule has 1 aromatic heterocycles. The molecule has 0 bridgehead atoms. The second-order valence-electron chi connectivity index (χ2n) is 5.36. The van der Waals surface area contributed by atoms with Crippen molar-refractivity contribution in [2.45, 2.75) is 31.9 Å². The van der Waals surface area contributed by atoms with Crippen molar-refractivity contribution in [2.75, 3.05) is 0 Å². The minimum absolute atomic E-state index is 0.114. The third-order valence-corrected chi connectivity index (χ3v) is 3.81. The summed E-state index contributed by atoms with van der Waals surface area (Å²) in [4.78, 5) is 11.9. The lowest BCUT2D eigenvalue weighted by atomic mass is 9.94. The maximum atomic E-state index is 13.2. The van der Waals surface area contributed by atoms with Crippen molar-refractivity contribution < 1.29 is 18.0 Å². The molecule has 23 heavy (non-hydrogen) atoms. The van der Waals surface area contributed by atoms with Gasteiger partial charge in [0.15, 0.2) is 11.5 Å². The molecule has 3 rings (SSSR count). The summed E-state index contributed by atoms with van der Waals surface area (Å²) in [5, 5.41) is 12.3. The van der Waals surface area contributed by atoms with E-state index >= 15 is 0 Å². The lowest BCUT2D eigenvalue weighted by Gasteiger charge is -2.14. The van der Waals surface area contributed by atoms with Crippen LogP contribution in [0.1, 0.15) is 40.2 Å². The predicted molar refractivity (Wildman–Crippen MR) is 75.2 cm³/mol. The average Bonchev–Trinajstić information content (AvgIpc) is 2.90. The number of halogens is 3. The van der Waals surface area contributed by atoms with Crippen LogP contribution in [0.5, 0.6) is 0 Å². The van der Waals surface area contributed by atoms with Crippen LogP contribution in [0.2, 0.25) is 0 Å². The Bertz CT molecular complexity index is 798. The van der Waals surface area contributed by atoms with Gasteiger partial charge in [0, 0.05) is 6.42 Å². The average molecular weight is 319 g/mol. The lowest BCUT2D eigenvalue weighted by Crippen LogP contribution is -2.16. The highest BCUT2D eigenvalue weighted by Gasteiger charge is 2.42. The Morgan fingerprint density at radius 3 is 2.52 bits per heavy atom. The van der Waals surface area contributed by atoms with Crippen molar-refractivity contribution in [3.8, 4) is 11.8 Å². The zero-order valence-electron chi connectivity index (χ0n) is 12.0. The Hall–Kier alpha value is -2.62. The summed E-state index contributed by atoms with van der Waals surface area (Å²) in [7, 11) is 0. The van der Waals surface area contributed by atoms with Crippen molar-refractivity contribution in [3.05, 3.63) is 46.8 Å². The molecule has 0 atom stereocenters. The highest BCUT2D eigenvalue weighted by molar-refractivity contribution is 5.99. The molecule has 1 aliphatic carbocycles. The smallest absolute Gasteiger partial charge is 0.294 e. The van der Waals surface area contributed by atoms with Gasteiger partial charge in [-0.1, -0.05) is 12.1 Å². The number of ketones is 1. The van der Waals surface area contributed by atoms with Crippen LogP contribution < -0.4 is 0 Å². The molecule has 0 fully saturated rings. The number of Topliss-reactive ketones (excluding diaryl/α,β-unsaturated/α-hetero) is 1. The Morgan fingerprint density at radius 1 is 1.22 bits per heavy atom. The van der Waals surface area contributed by atoms with Crippen molar-refractivity contribution in [1.82, 2.24) is 9.78 Å². The number of nitrogens with zero attached hydrogens (tertiary/aromatic N) is 3. The SMILES string of the molecule is N#CCc1ccc(-n2nc(C(F)(F)F)c3c2CCCC3=O)cc1. The summed E-state index contributed by atoms with van der Waals surface area (Å²) in [6.45, 7) is 0. The lowest BCUT2D eigenvalue weighted by molar-refractivity contribution is -0.141. The zero-order valence-corrected chi connectivity index (χ0v) is 12.0. The fraction of sp³-hybridized carbons (Fsp3) is 0.312. The van der Waals surface area contributed by atoms with Crippen LogP contribution in [0.25, 0.3) is 5.69 Å². The van der Waals surface area contributed by atoms with E-state index in [1.807, 2.05) is 6.07 Å². The fourth-order valence-corrected chi connectivity index (χ4v) is 2.78. The normalized spacial score (nSPS) is 14.4. The quantitative estimate of drug-likeness (QED) is 0.851. The van der Waals surface area contributed by atoms with E-state index in [0.717, 1.165) is 5.56 Å². The van der Waals surface area contributed by atoms with E-state index in [9.17, 15) is 18.0 Å². The Balaban J connectivity index is 2.13. The molecule has 0 aliphatic heterocycles. The second-order valence-corrected chi connectivity index (χ2v) is 5.36. The van der Waals surface area contributed by atoms with Crippen molar-refractivity contribution in [2.24, 2.45) is 0 Å². The van der Waals surface area contributed by atoms with E-state index in [4.69, 9.17) is 5.26 Å². The number of carbonyl (C=O) groups excluding carboxylic acids is 1. The van der Waals surface area contributed by atoms with Gasteiger partial charge in [-0.05, 0) is 30.5 Å². The molecule has 1 heterocycles. The first kappa shape index (κ1) is 15.3. The van der Waals surface area contributed by atoms with Crippen LogP contribution in [0.15, 0.2) is 24.3 Å². The molecule has 0 unspecified atom stereocenters.